The Morgan fingerprint density at radius 1 is 0.274 bits per heavy atom. The third-order valence-electron chi connectivity index (χ3n) is 20.5. The quantitative estimate of drug-likeness (QED) is 0.0273. The number of nitrogens with zero attached hydrogens (tertiary/aromatic N) is 2. The predicted octanol–water partition coefficient (Wildman–Crippen LogP) is 32.2. The summed E-state index contributed by atoms with van der Waals surface area (Å²) in [6.45, 7) is 12.9. The first kappa shape index (κ1) is 88.4. The maximum absolute atomic E-state index is 11.9. The molecule has 0 fully saturated rings. The van der Waals surface area contributed by atoms with Gasteiger partial charge in [-0.3, -0.25) is 0 Å². The van der Waals surface area contributed by atoms with Gasteiger partial charge in [-0.2, -0.15) is 0 Å². The first-order valence-corrected chi connectivity index (χ1v) is 44.6. The molecule has 95 heavy (non-hydrogen) atoms. The van der Waals surface area contributed by atoms with Gasteiger partial charge in [0.15, 0.2) is 0 Å². The van der Waals surface area contributed by atoms with E-state index < -0.39 is 0 Å². The minimum Gasteiger partial charge on any atom is -0.0654 e. The standard InChI is InChI=1S/C34H40N2.2C29H59.Pd/c1-5-9-13-19-27-21-15-17-25-29(27)33-31(23-11-7-3)32(24-12-8-4)34(36(33)35)30-26-18-16-22-28(30)20-14-10-6-2;2*1-3-5-7-9-11-13-15-17-19-21-23-25-27-29-28-26-24-22-20-18-16-14-12-10-8-6-4-2;/h15-18,21-22,25-26H,7-8,11-14,19-20,23-24H2,1-4H3;2*1,3-29H2,2H3;. The van der Waals surface area contributed by atoms with E-state index in [1.165, 1.54) is 374 Å². The summed E-state index contributed by atoms with van der Waals surface area (Å²) in [6.07, 6.45) is 90.3. The molecule has 0 bridgehead atoms. The minimum atomic E-state index is 0.820. The van der Waals surface area contributed by atoms with E-state index >= 15 is 0 Å². The van der Waals surface area contributed by atoms with Gasteiger partial charge in [0.1, 0.15) is 0 Å². The molecule has 0 radical (unpaired) electrons. The van der Waals surface area contributed by atoms with Crippen molar-refractivity contribution >= 4 is 11.4 Å². The molecule has 0 amide bonds. The van der Waals surface area contributed by atoms with Gasteiger partial charge in [-0.1, -0.05) is 282 Å². The van der Waals surface area contributed by atoms with E-state index in [2.05, 4.69) is 99.9 Å². The fourth-order valence-electron chi connectivity index (χ4n) is 14.4. The Labute approximate surface area is 603 Å². The molecule has 0 spiro atoms. The molecule has 1 aliphatic heterocycles. The van der Waals surface area contributed by atoms with Crippen LogP contribution < -0.4 is 0 Å². The van der Waals surface area contributed by atoms with E-state index in [1.54, 1.807) is 9.79 Å². The molecule has 2 aromatic rings. The number of unbranched alkanes of at least 4 members (excludes halogenated alkanes) is 54. The number of hydrogen-bond acceptors (Lipinski definition) is 0. The normalized spacial score (nSPS) is 12.2. The molecule has 0 N–H and O–H groups in total. The van der Waals surface area contributed by atoms with Crippen molar-refractivity contribution in [1.82, 2.24) is 0 Å². The van der Waals surface area contributed by atoms with E-state index in [0.717, 1.165) is 105 Å². The zero-order valence-electron chi connectivity index (χ0n) is 64.5. The van der Waals surface area contributed by atoms with Crippen molar-refractivity contribution in [1.29, 1.82) is 0 Å². The van der Waals surface area contributed by atoms with E-state index in [9.17, 15) is 5.53 Å². The Morgan fingerprint density at radius 2 is 0.484 bits per heavy atom. The van der Waals surface area contributed by atoms with Crippen molar-refractivity contribution in [3.05, 3.63) is 87.5 Å². The summed E-state index contributed by atoms with van der Waals surface area (Å²) in [5.41, 5.74) is 21.2. The molecule has 3 heteroatoms. The summed E-state index contributed by atoms with van der Waals surface area (Å²) in [5, 5.41) is 0. The topological polar surface area (TPSA) is 25.3 Å². The predicted molar refractivity (Wildman–Crippen MR) is 423 cm³/mol. The molecular weight excluding hydrogens is 1240 g/mol. The molecule has 1 heterocycles. The van der Waals surface area contributed by atoms with Gasteiger partial charge in [0, 0.05) is 35.1 Å². The number of rotatable bonds is 68. The van der Waals surface area contributed by atoms with Crippen LogP contribution in [0.25, 0.3) is 16.9 Å². The zero-order chi connectivity index (χ0) is 68.1. The minimum absolute atomic E-state index is 0.820. The average molecular weight is 1400 g/mol. The van der Waals surface area contributed by atoms with Gasteiger partial charge < -0.3 is 5.53 Å². The second-order valence-corrected chi connectivity index (χ2v) is 31.5. The van der Waals surface area contributed by atoms with Gasteiger partial charge >= 0.3 is 169 Å². The van der Waals surface area contributed by atoms with E-state index in [-0.39, 0.29) is 0 Å². The molecule has 0 saturated carbocycles. The van der Waals surface area contributed by atoms with Crippen LogP contribution in [0.5, 0.6) is 0 Å². The Morgan fingerprint density at radius 3 is 0.705 bits per heavy atom. The summed E-state index contributed by atoms with van der Waals surface area (Å²) in [6, 6.07) is 17.1. The van der Waals surface area contributed by atoms with Gasteiger partial charge in [-0.25, -0.2) is 4.70 Å². The van der Waals surface area contributed by atoms with Crippen molar-refractivity contribution in [2.75, 3.05) is 0 Å². The number of hydrogen-bond donors (Lipinski definition) is 0. The van der Waals surface area contributed by atoms with Crippen molar-refractivity contribution in [2.45, 2.75) is 462 Å². The Bertz CT molecular complexity index is 2070. The molecular formula is C92H158N2Pd. The molecule has 0 saturated heterocycles. The van der Waals surface area contributed by atoms with Crippen molar-refractivity contribution in [3.8, 4) is 23.7 Å². The van der Waals surface area contributed by atoms with Gasteiger partial charge in [0.05, 0.1) is 0 Å². The molecule has 0 aromatic heterocycles. The Kier molecular flexibility index (Phi) is 64.9. The van der Waals surface area contributed by atoms with Crippen molar-refractivity contribution < 1.29 is 22.7 Å². The van der Waals surface area contributed by atoms with Gasteiger partial charge in [-0.15, -0.1) is 23.7 Å². The fraction of sp³-hybridized carbons (Fsp3) is 0.783. The number of benzene rings is 2. The molecule has 2 nitrogen and oxygen atoms in total. The third-order valence-corrected chi connectivity index (χ3v) is 22.7. The van der Waals surface area contributed by atoms with Crippen LogP contribution in [0, 0.1) is 23.7 Å². The zero-order valence-corrected chi connectivity index (χ0v) is 66.1. The van der Waals surface area contributed by atoms with Crippen LogP contribution in [0.15, 0.2) is 59.7 Å². The third kappa shape index (κ3) is 49.5. The number of aryl methyl sites for hydroxylation is 2. The summed E-state index contributed by atoms with van der Waals surface area (Å²) in [4.78, 5) is 3.10. The van der Waals surface area contributed by atoms with Gasteiger partial charge in [0.2, 0.25) is 11.4 Å². The number of allylic oxidation sites excluding steroid dienone is 2. The maximum atomic E-state index is 11.9. The smallest absolute Gasteiger partial charge is 0.0654 e. The van der Waals surface area contributed by atoms with Gasteiger partial charge in [-0.05, 0) is 75.6 Å². The summed E-state index contributed by atoms with van der Waals surface area (Å²) in [7, 11) is 0. The second-order valence-electron chi connectivity index (χ2n) is 29.2. The Hall–Kier alpha value is -2.70. The molecule has 0 unspecified atom stereocenters. The molecule has 546 valence electrons. The van der Waals surface area contributed by atoms with E-state index in [4.69, 9.17) is 0 Å². The Balaban J connectivity index is 0.000000722. The monoisotopic (exact) mass is 1400 g/mol. The second kappa shape index (κ2) is 69.8. The van der Waals surface area contributed by atoms with Crippen LogP contribution in [0.2, 0.25) is 9.79 Å². The SMILES string of the molecule is CC#CCCc1ccccc1C1=C(CCCC)C(CCCC)=C(c2ccccc2CCC#CC)[N+]1=[N-].CCCCCCCCCCCCCCCCCCCCCCCCCCCC[CH2][Pd][CH2]CCCCCCCCCCCCCCCCCCCCCCCCCCCC. The van der Waals surface area contributed by atoms with E-state index in [1.807, 2.05) is 13.8 Å². The molecule has 0 atom stereocenters. The summed E-state index contributed by atoms with van der Waals surface area (Å²) in [5.74, 6) is 12.5. The van der Waals surface area contributed by atoms with Crippen LogP contribution in [0.1, 0.15) is 462 Å². The van der Waals surface area contributed by atoms with Crippen LogP contribution >= 0.6 is 0 Å². The molecule has 1 aliphatic rings. The van der Waals surface area contributed by atoms with Gasteiger partial charge in [0.25, 0.3) is 0 Å². The molecule has 3 rings (SSSR count). The van der Waals surface area contributed by atoms with Crippen LogP contribution in [0.4, 0.5) is 0 Å². The molecule has 0 aliphatic carbocycles. The fourth-order valence-corrected chi connectivity index (χ4v) is 16.4. The van der Waals surface area contributed by atoms with Crippen LogP contribution in [-0.2, 0) is 30.8 Å². The summed E-state index contributed by atoms with van der Waals surface area (Å²) >= 11 is 1.05. The van der Waals surface area contributed by atoms with Crippen molar-refractivity contribution in [2.24, 2.45) is 0 Å². The van der Waals surface area contributed by atoms with E-state index in [0.29, 0.717) is 0 Å². The first-order chi connectivity index (χ1) is 47.1. The summed E-state index contributed by atoms with van der Waals surface area (Å²) < 4.78 is 1.52. The average Bonchev–Trinajstić information content (AvgIpc) is 1.61. The van der Waals surface area contributed by atoms with Crippen LogP contribution in [0.3, 0.4) is 0 Å². The van der Waals surface area contributed by atoms with Crippen LogP contribution in [-0.4, -0.2) is 4.70 Å². The van der Waals surface area contributed by atoms with Crippen molar-refractivity contribution in [3.63, 3.8) is 0 Å². The molecule has 2 aromatic carbocycles. The first-order valence-electron chi connectivity index (χ1n) is 42.4.